The zero-order valence-corrected chi connectivity index (χ0v) is 22.2. The van der Waals surface area contributed by atoms with Crippen LogP contribution in [0.25, 0.3) is 22.3 Å². The molecule has 4 heterocycles. The van der Waals surface area contributed by atoms with Crippen LogP contribution in [0, 0.1) is 11.6 Å². The van der Waals surface area contributed by atoms with Crippen LogP contribution in [-0.4, -0.2) is 38.3 Å². The third-order valence-electron chi connectivity index (χ3n) is 7.08. The van der Waals surface area contributed by atoms with Crippen molar-refractivity contribution in [1.82, 2.24) is 14.5 Å². The highest BCUT2D eigenvalue weighted by molar-refractivity contribution is 5.92. The summed E-state index contributed by atoms with van der Waals surface area (Å²) in [5.41, 5.74) is 0.109. The van der Waals surface area contributed by atoms with E-state index in [4.69, 9.17) is 13.9 Å². The third kappa shape index (κ3) is 5.93. The number of nitrogens with zero attached hydrogens (tertiary/aromatic N) is 3. The Morgan fingerprint density at radius 2 is 1.88 bits per heavy atom. The van der Waals surface area contributed by atoms with Crippen LogP contribution in [0.2, 0.25) is 0 Å². The second kappa shape index (κ2) is 11.1. The van der Waals surface area contributed by atoms with E-state index in [0.29, 0.717) is 36.3 Å². The third-order valence-corrected chi connectivity index (χ3v) is 7.08. The van der Waals surface area contributed by atoms with Crippen molar-refractivity contribution < 1.29 is 45.7 Å². The van der Waals surface area contributed by atoms with Crippen molar-refractivity contribution in [2.45, 2.75) is 38.3 Å². The first-order valence-corrected chi connectivity index (χ1v) is 13.1. The van der Waals surface area contributed by atoms with E-state index in [-0.39, 0.29) is 53.2 Å². The number of aromatic carboxylic acids is 1. The standard InChI is InChI=1S/C30H22F5N3O5/c31-22-12-21(24-2-1-3-28(37-24)43-15-20-11-18(14-42-20)30(33,34)35)23(32)8-17(22)10-27-36-25-5-4-16(29(39)40)9-26(25)38(27)13-19-6-7-41-19/h1-5,8-9,11-12,14,19H,6-7,10,13,15H2,(H,39,40). The Bertz CT molecular complexity index is 1830. The van der Waals surface area contributed by atoms with Crippen LogP contribution in [0.3, 0.4) is 0 Å². The number of furan rings is 1. The average molecular weight is 600 g/mol. The van der Waals surface area contributed by atoms with Gasteiger partial charge in [-0.25, -0.2) is 23.5 Å². The van der Waals surface area contributed by atoms with Gasteiger partial charge in [-0.1, -0.05) is 6.07 Å². The van der Waals surface area contributed by atoms with Crippen molar-refractivity contribution >= 4 is 17.0 Å². The fourth-order valence-corrected chi connectivity index (χ4v) is 4.76. The number of fused-ring (bicyclic) bond motifs is 1. The molecule has 1 atom stereocenters. The number of pyridine rings is 1. The Morgan fingerprint density at radius 3 is 2.58 bits per heavy atom. The minimum atomic E-state index is -4.56. The zero-order valence-electron chi connectivity index (χ0n) is 22.2. The second-order valence-electron chi connectivity index (χ2n) is 9.98. The molecule has 0 aliphatic carbocycles. The first kappa shape index (κ1) is 28.3. The predicted octanol–water partition coefficient (Wildman–Crippen LogP) is 6.65. The van der Waals surface area contributed by atoms with E-state index in [1.165, 1.54) is 30.3 Å². The molecule has 6 rings (SSSR count). The summed E-state index contributed by atoms with van der Waals surface area (Å²) in [7, 11) is 0. The lowest BCUT2D eigenvalue weighted by atomic mass is 10.0. The number of alkyl halides is 3. The molecule has 1 unspecified atom stereocenters. The van der Waals surface area contributed by atoms with E-state index in [0.717, 1.165) is 24.6 Å². The number of carbonyl (C=O) groups is 1. The quantitative estimate of drug-likeness (QED) is 0.190. The molecule has 1 fully saturated rings. The van der Waals surface area contributed by atoms with Crippen LogP contribution in [0.5, 0.6) is 5.88 Å². The molecule has 1 saturated heterocycles. The number of rotatable bonds is 9. The van der Waals surface area contributed by atoms with Crippen LogP contribution in [0.4, 0.5) is 22.0 Å². The maximum Gasteiger partial charge on any atom is 0.419 e. The molecule has 1 aliphatic heterocycles. The minimum absolute atomic E-state index is 0.0245. The molecule has 1 aliphatic rings. The summed E-state index contributed by atoms with van der Waals surface area (Å²) in [6.07, 6.45) is -3.36. The van der Waals surface area contributed by atoms with E-state index >= 15 is 8.78 Å². The predicted molar refractivity (Wildman–Crippen MR) is 141 cm³/mol. The number of carboxylic acid groups (broad SMARTS) is 1. The largest absolute Gasteiger partial charge is 0.478 e. The van der Waals surface area contributed by atoms with Crippen LogP contribution >= 0.6 is 0 Å². The van der Waals surface area contributed by atoms with Gasteiger partial charge in [0, 0.05) is 24.7 Å². The van der Waals surface area contributed by atoms with Gasteiger partial charge in [0.1, 0.15) is 36.1 Å². The average Bonchev–Trinajstić information content (AvgIpc) is 3.56. The molecule has 3 aromatic heterocycles. The highest BCUT2D eigenvalue weighted by Crippen LogP contribution is 2.32. The summed E-state index contributed by atoms with van der Waals surface area (Å²) in [6, 6.07) is 11.7. The number of benzene rings is 2. The second-order valence-corrected chi connectivity index (χ2v) is 9.98. The molecule has 1 N–H and O–H groups in total. The van der Waals surface area contributed by atoms with Crippen molar-refractivity contribution in [2.75, 3.05) is 6.61 Å². The molecule has 0 bridgehead atoms. The van der Waals surface area contributed by atoms with Gasteiger partial charge in [-0.3, -0.25) is 0 Å². The van der Waals surface area contributed by atoms with Gasteiger partial charge in [-0.15, -0.1) is 0 Å². The number of hydrogen-bond donors (Lipinski definition) is 1. The molecular weight excluding hydrogens is 577 g/mol. The lowest BCUT2D eigenvalue weighted by Crippen LogP contribution is -2.31. The van der Waals surface area contributed by atoms with Crippen LogP contribution in [-0.2, 0) is 30.5 Å². The Hall–Kier alpha value is -4.78. The van der Waals surface area contributed by atoms with Gasteiger partial charge in [0.25, 0.3) is 0 Å². The Kier molecular flexibility index (Phi) is 7.34. The Labute approximate surface area is 240 Å². The van der Waals surface area contributed by atoms with Gasteiger partial charge in [0.05, 0.1) is 40.5 Å². The summed E-state index contributed by atoms with van der Waals surface area (Å²) in [4.78, 5) is 20.3. The van der Waals surface area contributed by atoms with Crippen molar-refractivity contribution in [3.63, 3.8) is 0 Å². The molecule has 0 radical (unpaired) electrons. The van der Waals surface area contributed by atoms with E-state index in [2.05, 4.69) is 9.97 Å². The minimum Gasteiger partial charge on any atom is -0.478 e. The van der Waals surface area contributed by atoms with E-state index in [1.54, 1.807) is 10.6 Å². The van der Waals surface area contributed by atoms with E-state index < -0.39 is 29.3 Å². The van der Waals surface area contributed by atoms with Crippen LogP contribution in [0.1, 0.15) is 39.5 Å². The normalized spacial score (nSPS) is 15.0. The fraction of sp³-hybridized carbons (Fsp3) is 0.233. The van der Waals surface area contributed by atoms with E-state index in [1.807, 2.05) is 0 Å². The molecule has 222 valence electrons. The van der Waals surface area contributed by atoms with Crippen molar-refractivity contribution in [3.8, 4) is 17.1 Å². The number of hydrogen-bond acceptors (Lipinski definition) is 6. The molecular formula is C30H22F5N3O5. The molecule has 0 spiro atoms. The summed E-state index contributed by atoms with van der Waals surface area (Å²) in [5, 5.41) is 9.43. The topological polar surface area (TPSA) is 99.6 Å². The molecule has 43 heavy (non-hydrogen) atoms. The van der Waals surface area contributed by atoms with E-state index in [9.17, 15) is 23.1 Å². The number of carboxylic acids is 1. The molecule has 5 aromatic rings. The van der Waals surface area contributed by atoms with Crippen molar-refractivity contribution in [2.24, 2.45) is 0 Å². The van der Waals surface area contributed by atoms with Gasteiger partial charge in [-0.2, -0.15) is 13.2 Å². The van der Waals surface area contributed by atoms with Gasteiger partial charge in [0.2, 0.25) is 5.88 Å². The fourth-order valence-electron chi connectivity index (χ4n) is 4.76. The first-order valence-electron chi connectivity index (χ1n) is 13.1. The first-order chi connectivity index (χ1) is 20.5. The molecule has 0 saturated carbocycles. The van der Waals surface area contributed by atoms with Crippen LogP contribution < -0.4 is 4.74 Å². The van der Waals surface area contributed by atoms with Crippen molar-refractivity contribution in [1.29, 1.82) is 0 Å². The van der Waals surface area contributed by atoms with Gasteiger partial charge < -0.3 is 23.6 Å². The maximum atomic E-state index is 15.4. The summed E-state index contributed by atoms with van der Waals surface area (Å²) in [5.74, 6) is -2.28. The lowest BCUT2D eigenvalue weighted by Gasteiger charge is -2.27. The zero-order chi connectivity index (χ0) is 30.3. The van der Waals surface area contributed by atoms with Gasteiger partial charge in [0.15, 0.2) is 0 Å². The van der Waals surface area contributed by atoms with Crippen LogP contribution in [0.15, 0.2) is 65.3 Å². The molecule has 13 heteroatoms. The monoisotopic (exact) mass is 599 g/mol. The van der Waals surface area contributed by atoms with Gasteiger partial charge >= 0.3 is 12.1 Å². The smallest absolute Gasteiger partial charge is 0.419 e. The number of aromatic nitrogens is 3. The van der Waals surface area contributed by atoms with Gasteiger partial charge in [-0.05, 0) is 54.4 Å². The number of imidazole rings is 1. The lowest BCUT2D eigenvalue weighted by molar-refractivity contribution is -0.137. The van der Waals surface area contributed by atoms with Crippen molar-refractivity contribution in [3.05, 3.63) is 101 Å². The Morgan fingerprint density at radius 1 is 1.07 bits per heavy atom. The highest BCUT2D eigenvalue weighted by Gasteiger charge is 2.32. The SMILES string of the molecule is O=C(O)c1ccc2nc(Cc3cc(F)c(-c4cccc(OCc5cc(C(F)(F)F)co5)n4)cc3F)n(CC3CCO3)c2c1. The number of halogens is 5. The molecule has 2 aromatic carbocycles. The summed E-state index contributed by atoms with van der Waals surface area (Å²) in [6.45, 7) is 0.628. The molecule has 8 nitrogen and oxygen atoms in total. The highest BCUT2D eigenvalue weighted by atomic mass is 19.4. The molecule has 0 amide bonds. The summed E-state index contributed by atoms with van der Waals surface area (Å²) < 4.78 is 86.7. The maximum absolute atomic E-state index is 15.4. The number of ether oxygens (including phenoxy) is 2. The summed E-state index contributed by atoms with van der Waals surface area (Å²) >= 11 is 0. The Balaban J connectivity index is 1.25.